The number of aromatic hydroxyl groups is 1. The number of hydrogen-bond acceptors (Lipinski definition) is 4. The molecule has 0 fully saturated rings. The number of rotatable bonds is 1. The first-order valence-electron chi connectivity index (χ1n) is 5.28. The second-order valence-electron chi connectivity index (χ2n) is 3.90. The van der Waals surface area contributed by atoms with E-state index in [1.54, 1.807) is 18.2 Å². The van der Waals surface area contributed by atoms with Crippen LogP contribution >= 0.6 is 11.3 Å². The Kier molecular flexibility index (Phi) is 2.41. The van der Waals surface area contributed by atoms with E-state index in [9.17, 15) is 9.50 Å². The van der Waals surface area contributed by atoms with Gasteiger partial charge < -0.3 is 10.8 Å². The number of thiazole rings is 1. The third-order valence-electron chi connectivity index (χ3n) is 2.62. The van der Waals surface area contributed by atoms with E-state index < -0.39 is 0 Å². The number of nitrogens with zero attached hydrogens (tertiary/aromatic N) is 1. The first-order valence-corrected chi connectivity index (χ1v) is 6.10. The fourth-order valence-electron chi connectivity index (χ4n) is 1.71. The van der Waals surface area contributed by atoms with Gasteiger partial charge in [-0.3, -0.25) is 0 Å². The van der Waals surface area contributed by atoms with Crippen molar-refractivity contribution in [3.8, 4) is 16.3 Å². The zero-order valence-electron chi connectivity index (χ0n) is 9.22. The average molecular weight is 260 g/mol. The first kappa shape index (κ1) is 11.0. The second kappa shape index (κ2) is 3.96. The van der Waals surface area contributed by atoms with E-state index in [0.717, 1.165) is 15.3 Å². The van der Waals surface area contributed by atoms with Gasteiger partial charge in [-0.15, -0.1) is 11.3 Å². The quantitative estimate of drug-likeness (QED) is 0.521. The molecule has 0 radical (unpaired) electrons. The van der Waals surface area contributed by atoms with Crippen LogP contribution in [-0.2, 0) is 0 Å². The first-order chi connectivity index (χ1) is 8.63. The number of hydrogen-bond donors (Lipinski definition) is 2. The van der Waals surface area contributed by atoms with Gasteiger partial charge in [-0.05, 0) is 30.3 Å². The van der Waals surface area contributed by atoms with Crippen molar-refractivity contribution in [2.75, 3.05) is 5.73 Å². The smallest absolute Gasteiger partial charge is 0.138 e. The number of fused-ring (bicyclic) bond motifs is 1. The molecule has 0 unspecified atom stereocenters. The van der Waals surface area contributed by atoms with Crippen LogP contribution in [0.1, 0.15) is 0 Å². The van der Waals surface area contributed by atoms with Crippen LogP contribution in [0, 0.1) is 5.82 Å². The number of halogens is 1. The Morgan fingerprint density at radius 3 is 2.78 bits per heavy atom. The molecule has 0 amide bonds. The van der Waals surface area contributed by atoms with Gasteiger partial charge in [0, 0.05) is 11.6 Å². The summed E-state index contributed by atoms with van der Waals surface area (Å²) in [4.78, 5) is 4.36. The highest BCUT2D eigenvalue weighted by atomic mass is 32.1. The fourth-order valence-corrected chi connectivity index (χ4v) is 2.65. The lowest BCUT2D eigenvalue weighted by Crippen LogP contribution is -1.86. The Bertz CT molecular complexity index is 739. The van der Waals surface area contributed by atoms with E-state index in [0.29, 0.717) is 11.2 Å². The summed E-state index contributed by atoms with van der Waals surface area (Å²) in [5.74, 6) is -0.254. The van der Waals surface area contributed by atoms with Crippen LogP contribution in [0.3, 0.4) is 0 Å². The van der Waals surface area contributed by atoms with E-state index in [1.165, 1.54) is 29.5 Å². The minimum atomic E-state index is -0.301. The summed E-state index contributed by atoms with van der Waals surface area (Å²) in [5.41, 5.74) is 7.39. The van der Waals surface area contributed by atoms with Gasteiger partial charge in [0.25, 0.3) is 0 Å². The number of phenolic OH excluding ortho intramolecular Hbond substituents is 1. The molecule has 5 heteroatoms. The van der Waals surface area contributed by atoms with Gasteiger partial charge in [-0.2, -0.15) is 0 Å². The number of phenols is 1. The van der Waals surface area contributed by atoms with Gasteiger partial charge in [0.1, 0.15) is 16.6 Å². The minimum Gasteiger partial charge on any atom is -0.506 e. The zero-order valence-corrected chi connectivity index (χ0v) is 10.0. The molecule has 3 N–H and O–H groups in total. The maximum atomic E-state index is 13.1. The standard InChI is InChI=1S/C13H9FN2OS/c14-8-2-4-12-10(6-8)16-13(18-12)7-1-3-11(17)9(15)5-7/h1-6,17H,15H2. The topological polar surface area (TPSA) is 59.1 Å². The largest absolute Gasteiger partial charge is 0.506 e. The molecule has 0 aliphatic heterocycles. The van der Waals surface area contributed by atoms with Crippen molar-refractivity contribution in [1.82, 2.24) is 4.98 Å². The van der Waals surface area contributed by atoms with E-state index >= 15 is 0 Å². The molecule has 0 aliphatic carbocycles. The van der Waals surface area contributed by atoms with Crippen LogP contribution < -0.4 is 5.73 Å². The molecule has 90 valence electrons. The lowest BCUT2D eigenvalue weighted by molar-refractivity contribution is 0.478. The molecule has 2 aromatic carbocycles. The van der Waals surface area contributed by atoms with Crippen molar-refractivity contribution >= 4 is 27.2 Å². The van der Waals surface area contributed by atoms with Crippen molar-refractivity contribution < 1.29 is 9.50 Å². The monoisotopic (exact) mass is 260 g/mol. The molecule has 18 heavy (non-hydrogen) atoms. The summed E-state index contributed by atoms with van der Waals surface area (Å²) in [7, 11) is 0. The summed E-state index contributed by atoms with van der Waals surface area (Å²) in [6.07, 6.45) is 0. The molecule has 0 saturated carbocycles. The highest BCUT2D eigenvalue weighted by molar-refractivity contribution is 7.21. The zero-order chi connectivity index (χ0) is 12.7. The summed E-state index contributed by atoms with van der Waals surface area (Å²) in [5, 5.41) is 10.1. The fraction of sp³-hybridized carbons (Fsp3) is 0. The molecule has 0 bridgehead atoms. The third-order valence-corrected chi connectivity index (χ3v) is 3.71. The van der Waals surface area contributed by atoms with Crippen LogP contribution in [0.25, 0.3) is 20.8 Å². The minimum absolute atomic E-state index is 0.0471. The molecule has 3 aromatic rings. The maximum absolute atomic E-state index is 13.1. The van der Waals surface area contributed by atoms with Gasteiger partial charge in [0.05, 0.1) is 15.9 Å². The van der Waals surface area contributed by atoms with Gasteiger partial charge in [0.2, 0.25) is 0 Å². The molecule has 0 spiro atoms. The molecule has 0 aliphatic rings. The molecular weight excluding hydrogens is 251 g/mol. The van der Waals surface area contributed by atoms with Crippen molar-refractivity contribution in [1.29, 1.82) is 0 Å². The second-order valence-corrected chi connectivity index (χ2v) is 4.94. The number of benzene rings is 2. The van der Waals surface area contributed by atoms with Crippen molar-refractivity contribution in [2.45, 2.75) is 0 Å². The number of anilines is 1. The van der Waals surface area contributed by atoms with Crippen LogP contribution in [0.4, 0.5) is 10.1 Å². The molecule has 1 aromatic heterocycles. The summed E-state index contributed by atoms with van der Waals surface area (Å²) >= 11 is 1.46. The summed E-state index contributed by atoms with van der Waals surface area (Å²) < 4.78 is 14.0. The molecule has 3 nitrogen and oxygen atoms in total. The maximum Gasteiger partial charge on any atom is 0.138 e. The Morgan fingerprint density at radius 2 is 2.00 bits per heavy atom. The van der Waals surface area contributed by atoms with Crippen molar-refractivity contribution in [3.05, 3.63) is 42.2 Å². The molecule has 1 heterocycles. The van der Waals surface area contributed by atoms with E-state index in [-0.39, 0.29) is 11.6 Å². The summed E-state index contributed by atoms with van der Waals surface area (Å²) in [6, 6.07) is 9.44. The highest BCUT2D eigenvalue weighted by Crippen LogP contribution is 2.33. The molecule has 3 rings (SSSR count). The Labute approximate surface area is 106 Å². The van der Waals surface area contributed by atoms with Crippen molar-refractivity contribution in [3.63, 3.8) is 0 Å². The van der Waals surface area contributed by atoms with Gasteiger partial charge in [-0.25, -0.2) is 9.37 Å². The van der Waals surface area contributed by atoms with E-state index in [1.807, 2.05) is 0 Å². The van der Waals surface area contributed by atoms with Crippen molar-refractivity contribution in [2.24, 2.45) is 0 Å². The lowest BCUT2D eigenvalue weighted by Gasteiger charge is -2.00. The third kappa shape index (κ3) is 1.78. The van der Waals surface area contributed by atoms with Gasteiger partial charge in [-0.1, -0.05) is 0 Å². The molecule has 0 atom stereocenters. The number of nitrogens with two attached hydrogens (primary N) is 1. The summed E-state index contributed by atoms with van der Waals surface area (Å²) in [6.45, 7) is 0. The SMILES string of the molecule is Nc1cc(-c2nc3cc(F)ccc3s2)ccc1O. The van der Waals surface area contributed by atoms with Gasteiger partial charge in [0.15, 0.2) is 0 Å². The normalized spacial score (nSPS) is 10.9. The molecular formula is C13H9FN2OS. The number of nitrogen functional groups attached to an aromatic ring is 1. The van der Waals surface area contributed by atoms with Crippen LogP contribution in [0.2, 0.25) is 0 Å². The van der Waals surface area contributed by atoms with E-state index in [2.05, 4.69) is 4.98 Å². The Balaban J connectivity index is 2.16. The van der Waals surface area contributed by atoms with Crippen LogP contribution in [0.15, 0.2) is 36.4 Å². The number of aromatic nitrogens is 1. The molecule has 0 saturated heterocycles. The average Bonchev–Trinajstić information content (AvgIpc) is 2.75. The Hall–Kier alpha value is -2.14. The van der Waals surface area contributed by atoms with E-state index in [4.69, 9.17) is 5.73 Å². The highest BCUT2D eigenvalue weighted by Gasteiger charge is 2.08. The van der Waals surface area contributed by atoms with Crippen LogP contribution in [-0.4, -0.2) is 10.1 Å². The predicted octanol–water partition coefficient (Wildman–Crippen LogP) is 3.39. The van der Waals surface area contributed by atoms with Gasteiger partial charge >= 0.3 is 0 Å². The predicted molar refractivity (Wildman–Crippen MR) is 71.1 cm³/mol. The Morgan fingerprint density at radius 1 is 1.17 bits per heavy atom. The van der Waals surface area contributed by atoms with Crippen LogP contribution in [0.5, 0.6) is 5.75 Å². The lowest BCUT2D eigenvalue weighted by atomic mass is 10.2.